The van der Waals surface area contributed by atoms with Crippen LogP contribution in [0.4, 0.5) is 5.69 Å². The lowest BCUT2D eigenvalue weighted by Crippen LogP contribution is -2.25. The summed E-state index contributed by atoms with van der Waals surface area (Å²) in [4.78, 5) is 13.2. The third kappa shape index (κ3) is 5.46. The molecule has 0 aromatic heterocycles. The molecule has 0 aliphatic carbocycles. The van der Waals surface area contributed by atoms with Gasteiger partial charge in [0, 0.05) is 49.8 Å². The topological polar surface area (TPSA) is 66.5 Å². The fourth-order valence-electron chi connectivity index (χ4n) is 2.79. The highest BCUT2D eigenvalue weighted by Gasteiger charge is 2.17. The van der Waals surface area contributed by atoms with E-state index >= 15 is 0 Å². The summed E-state index contributed by atoms with van der Waals surface area (Å²) in [5, 5.41) is 1.77. The number of rotatable bonds is 9. The highest BCUT2D eigenvalue weighted by atomic mass is 32.2. The van der Waals surface area contributed by atoms with Crippen molar-refractivity contribution in [2.24, 2.45) is 0 Å². The van der Waals surface area contributed by atoms with E-state index in [0.717, 1.165) is 41.5 Å². The van der Waals surface area contributed by atoms with Crippen molar-refractivity contribution in [1.29, 1.82) is 0 Å². The Kier molecular flexibility index (Phi) is 7.49. The van der Waals surface area contributed by atoms with Crippen LogP contribution < -0.4 is 9.62 Å². The summed E-state index contributed by atoms with van der Waals surface area (Å²) in [5.41, 5.74) is 0.988. The van der Waals surface area contributed by atoms with Crippen molar-refractivity contribution < 1.29 is 13.2 Å². The molecule has 0 bridgehead atoms. The average molecular weight is 395 g/mol. The van der Waals surface area contributed by atoms with Gasteiger partial charge in [0.15, 0.2) is 5.12 Å². The van der Waals surface area contributed by atoms with Crippen LogP contribution in [0.25, 0.3) is 10.8 Å². The van der Waals surface area contributed by atoms with Crippen LogP contribution in [0.15, 0.2) is 41.3 Å². The standard InChI is InChI=1S/C19H26N2O3S2/c1-15(22)25-14-6-4-5-13-20-26(23,24)19-12-8-9-16-17(19)10-7-11-18(16)21(2)3/h7-12,20H,4-6,13-14H2,1-3H3. The first-order valence-electron chi connectivity index (χ1n) is 8.65. The fourth-order valence-corrected chi connectivity index (χ4v) is 4.72. The van der Waals surface area contributed by atoms with Crippen LogP contribution >= 0.6 is 11.8 Å². The maximum absolute atomic E-state index is 12.7. The third-order valence-corrected chi connectivity index (χ3v) is 6.47. The molecule has 26 heavy (non-hydrogen) atoms. The molecule has 0 fully saturated rings. The normalized spacial score (nSPS) is 11.7. The summed E-state index contributed by atoms with van der Waals surface area (Å²) in [7, 11) is 0.323. The molecule has 0 atom stereocenters. The molecular weight excluding hydrogens is 368 g/mol. The Balaban J connectivity index is 2.05. The van der Waals surface area contributed by atoms with E-state index in [9.17, 15) is 13.2 Å². The highest BCUT2D eigenvalue weighted by molar-refractivity contribution is 8.13. The minimum absolute atomic E-state index is 0.124. The predicted octanol–water partition coefficient (Wildman–Crippen LogP) is 3.63. The molecule has 0 amide bonds. The van der Waals surface area contributed by atoms with Gasteiger partial charge >= 0.3 is 0 Å². The van der Waals surface area contributed by atoms with Gasteiger partial charge in [-0.2, -0.15) is 0 Å². The number of nitrogens with one attached hydrogen (secondary N) is 1. The van der Waals surface area contributed by atoms with Crippen molar-refractivity contribution in [2.45, 2.75) is 31.1 Å². The van der Waals surface area contributed by atoms with Gasteiger partial charge in [0.1, 0.15) is 0 Å². The van der Waals surface area contributed by atoms with Gasteiger partial charge in [-0.05, 0) is 25.0 Å². The maximum Gasteiger partial charge on any atom is 0.241 e. The van der Waals surface area contributed by atoms with E-state index in [1.54, 1.807) is 19.1 Å². The number of unbranched alkanes of at least 4 members (excludes halogenated alkanes) is 2. The van der Waals surface area contributed by atoms with Crippen LogP contribution in [0.5, 0.6) is 0 Å². The van der Waals surface area contributed by atoms with Crippen LogP contribution in [0.2, 0.25) is 0 Å². The van der Waals surface area contributed by atoms with Gasteiger partial charge in [-0.25, -0.2) is 13.1 Å². The lowest BCUT2D eigenvalue weighted by molar-refractivity contribution is -0.109. The summed E-state index contributed by atoms with van der Waals surface area (Å²) in [5.74, 6) is 0.790. The van der Waals surface area contributed by atoms with E-state index in [-0.39, 0.29) is 5.12 Å². The Labute approximate surface area is 160 Å². The zero-order valence-corrected chi connectivity index (χ0v) is 17.1. The number of sulfonamides is 1. The zero-order valence-electron chi connectivity index (χ0n) is 15.5. The molecule has 2 aromatic carbocycles. The van der Waals surface area contributed by atoms with Crippen molar-refractivity contribution >= 4 is 43.4 Å². The lowest BCUT2D eigenvalue weighted by atomic mass is 10.1. The number of hydrogen-bond donors (Lipinski definition) is 1. The van der Waals surface area contributed by atoms with Gasteiger partial charge in [-0.15, -0.1) is 0 Å². The van der Waals surface area contributed by atoms with E-state index in [1.165, 1.54) is 11.8 Å². The number of anilines is 1. The van der Waals surface area contributed by atoms with E-state index in [4.69, 9.17) is 0 Å². The molecule has 2 rings (SSSR count). The van der Waals surface area contributed by atoms with Crippen molar-refractivity contribution in [2.75, 3.05) is 31.3 Å². The minimum atomic E-state index is -3.56. The third-order valence-electron chi connectivity index (χ3n) is 4.05. The first-order chi connectivity index (χ1) is 12.3. The highest BCUT2D eigenvalue weighted by Crippen LogP contribution is 2.30. The molecular formula is C19H26N2O3S2. The Hall–Kier alpha value is -1.57. The summed E-state index contributed by atoms with van der Waals surface area (Å²) >= 11 is 1.32. The molecule has 0 aliphatic heterocycles. The molecule has 0 spiro atoms. The number of benzene rings is 2. The number of fused-ring (bicyclic) bond motifs is 1. The van der Waals surface area contributed by atoms with Gasteiger partial charge in [0.05, 0.1) is 4.90 Å². The van der Waals surface area contributed by atoms with Crippen LogP contribution in [-0.2, 0) is 14.8 Å². The van der Waals surface area contributed by atoms with E-state index in [0.29, 0.717) is 11.4 Å². The van der Waals surface area contributed by atoms with Crippen molar-refractivity contribution in [1.82, 2.24) is 4.72 Å². The predicted molar refractivity (Wildman–Crippen MR) is 110 cm³/mol. The second kappa shape index (κ2) is 9.39. The second-order valence-corrected chi connectivity index (χ2v) is 9.33. The van der Waals surface area contributed by atoms with Gasteiger partial charge in [-0.3, -0.25) is 4.79 Å². The van der Waals surface area contributed by atoms with Crippen LogP contribution in [-0.4, -0.2) is 39.9 Å². The smallest absolute Gasteiger partial charge is 0.241 e. The number of carbonyl (C=O) groups is 1. The Morgan fingerprint density at radius 1 is 1.04 bits per heavy atom. The summed E-state index contributed by atoms with van der Waals surface area (Å²) < 4.78 is 28.2. The van der Waals surface area contributed by atoms with Gasteiger partial charge < -0.3 is 4.90 Å². The molecule has 0 unspecified atom stereocenters. The quantitative estimate of drug-likeness (QED) is 0.658. The number of nitrogens with zero attached hydrogens (tertiary/aromatic N) is 1. The zero-order chi connectivity index (χ0) is 19.2. The molecule has 142 valence electrons. The molecule has 2 aromatic rings. The largest absolute Gasteiger partial charge is 0.377 e. The van der Waals surface area contributed by atoms with Crippen molar-refractivity contribution in [3.05, 3.63) is 36.4 Å². The average Bonchev–Trinajstić information content (AvgIpc) is 2.59. The molecule has 5 nitrogen and oxygen atoms in total. The first kappa shape index (κ1) is 20.7. The molecule has 7 heteroatoms. The maximum atomic E-state index is 12.7. The van der Waals surface area contributed by atoms with Crippen molar-refractivity contribution in [3.63, 3.8) is 0 Å². The summed E-state index contributed by atoms with van der Waals surface area (Å²) in [6.07, 6.45) is 2.56. The molecule has 1 N–H and O–H groups in total. The summed E-state index contributed by atoms with van der Waals surface area (Å²) in [6.45, 7) is 1.96. The second-order valence-electron chi connectivity index (χ2n) is 6.32. The van der Waals surface area contributed by atoms with E-state index in [2.05, 4.69) is 4.72 Å². The van der Waals surface area contributed by atoms with Gasteiger partial charge in [0.25, 0.3) is 0 Å². The van der Waals surface area contributed by atoms with E-state index < -0.39 is 10.0 Å². The molecule has 0 saturated carbocycles. The van der Waals surface area contributed by atoms with Gasteiger partial charge in [-0.1, -0.05) is 42.4 Å². The molecule has 0 saturated heterocycles. The van der Waals surface area contributed by atoms with Crippen molar-refractivity contribution in [3.8, 4) is 0 Å². The Morgan fingerprint density at radius 2 is 1.73 bits per heavy atom. The lowest BCUT2D eigenvalue weighted by Gasteiger charge is -2.17. The minimum Gasteiger partial charge on any atom is -0.377 e. The van der Waals surface area contributed by atoms with Crippen LogP contribution in [0.3, 0.4) is 0 Å². The van der Waals surface area contributed by atoms with Gasteiger partial charge in [0.2, 0.25) is 10.0 Å². The van der Waals surface area contributed by atoms with E-state index in [1.807, 2.05) is 43.3 Å². The molecule has 0 radical (unpaired) electrons. The number of thioether (sulfide) groups is 1. The number of carbonyl (C=O) groups excluding carboxylic acids is 1. The number of hydrogen-bond acceptors (Lipinski definition) is 5. The molecule has 0 aliphatic rings. The fraction of sp³-hybridized carbons (Fsp3) is 0.421. The monoisotopic (exact) mass is 394 g/mol. The first-order valence-corrected chi connectivity index (χ1v) is 11.1. The Bertz CT molecular complexity index is 864. The SMILES string of the molecule is CC(=O)SCCCCCNS(=O)(=O)c1cccc2c(N(C)C)cccc12. The molecule has 0 heterocycles. The van der Waals surface area contributed by atoms with Crippen LogP contribution in [0, 0.1) is 0 Å². The Morgan fingerprint density at radius 3 is 2.42 bits per heavy atom. The summed E-state index contributed by atoms with van der Waals surface area (Å²) in [6, 6.07) is 11.1. The van der Waals surface area contributed by atoms with Crippen LogP contribution in [0.1, 0.15) is 26.2 Å².